The van der Waals surface area contributed by atoms with Crippen LogP contribution in [0.1, 0.15) is 32.6 Å². The molecule has 10 heavy (non-hydrogen) atoms. The molecule has 0 amide bonds. The molecule has 0 radical (unpaired) electrons. The van der Waals surface area contributed by atoms with Gasteiger partial charge in [-0.2, -0.15) is 0 Å². The average molecular weight is 321 g/mol. The van der Waals surface area contributed by atoms with Crippen molar-refractivity contribution in [1.82, 2.24) is 0 Å². The first kappa shape index (κ1) is 12.8. The Labute approximate surface area is 77.5 Å². The molecule has 0 rings (SSSR count). The van der Waals surface area contributed by atoms with Crippen molar-refractivity contribution in [3.8, 4) is 12.3 Å². The first-order valence-electron chi connectivity index (χ1n) is 3.45. The van der Waals surface area contributed by atoms with E-state index in [0.29, 0.717) is 0 Å². The van der Waals surface area contributed by atoms with Gasteiger partial charge in [0, 0.05) is 21.1 Å². The molecule has 0 aliphatic heterocycles. The minimum absolute atomic E-state index is 0. The Balaban J connectivity index is 0. The molecule has 0 aromatic carbocycles. The number of hydrogen-bond acceptors (Lipinski definition) is 1. The molecule has 0 aliphatic carbocycles. The molecule has 0 spiro atoms. The van der Waals surface area contributed by atoms with Gasteiger partial charge in [0.1, 0.15) is 6.10 Å². The summed E-state index contributed by atoms with van der Waals surface area (Å²) in [5.74, 6) is 2.28. The zero-order chi connectivity index (χ0) is 7.11. The van der Waals surface area contributed by atoms with E-state index >= 15 is 0 Å². The van der Waals surface area contributed by atoms with E-state index in [-0.39, 0.29) is 21.1 Å². The van der Waals surface area contributed by atoms with E-state index in [9.17, 15) is 0 Å². The Bertz CT molecular complexity index is 95.9. The molecule has 62 valence electrons. The van der Waals surface area contributed by atoms with E-state index < -0.39 is 6.10 Å². The second kappa shape index (κ2) is 9.21. The van der Waals surface area contributed by atoms with Crippen LogP contribution < -0.4 is 0 Å². The van der Waals surface area contributed by atoms with E-state index in [1.54, 1.807) is 0 Å². The summed E-state index contributed by atoms with van der Waals surface area (Å²) in [5, 5.41) is 8.85. The summed E-state index contributed by atoms with van der Waals surface area (Å²) in [6.07, 6.45) is 8.58. The van der Waals surface area contributed by atoms with Crippen LogP contribution in [-0.4, -0.2) is 11.2 Å². The molecule has 0 aliphatic rings. The molecule has 1 nitrogen and oxygen atoms in total. The third kappa shape index (κ3) is 8.21. The third-order valence-electron chi connectivity index (χ3n) is 1.27. The third-order valence-corrected chi connectivity index (χ3v) is 1.27. The molecule has 1 N–H and O–H groups in total. The standard InChI is InChI=1S/C8H14O.Pt/c1-3-5-6-7-8(9)4-2;/h2,8-9H,3,5-7H2,1H3;. The van der Waals surface area contributed by atoms with Gasteiger partial charge in [-0.1, -0.05) is 25.7 Å². The van der Waals surface area contributed by atoms with Gasteiger partial charge in [0.05, 0.1) is 0 Å². The summed E-state index contributed by atoms with van der Waals surface area (Å²) in [4.78, 5) is 0. The molecule has 0 saturated heterocycles. The number of hydrogen-bond donors (Lipinski definition) is 1. The quantitative estimate of drug-likeness (QED) is 0.615. The van der Waals surface area contributed by atoms with Gasteiger partial charge in [0.15, 0.2) is 0 Å². The number of aliphatic hydroxyl groups excluding tert-OH is 1. The normalized spacial score (nSPS) is 11.3. The Morgan fingerprint density at radius 3 is 2.50 bits per heavy atom. The first-order chi connectivity index (χ1) is 4.31. The fourth-order valence-corrected chi connectivity index (χ4v) is 0.671. The second-order valence-corrected chi connectivity index (χ2v) is 2.18. The zero-order valence-corrected chi connectivity index (χ0v) is 8.52. The molecule has 0 fully saturated rings. The molecule has 0 aromatic rings. The predicted octanol–water partition coefficient (Wildman–Crippen LogP) is 1.56. The van der Waals surface area contributed by atoms with Crippen molar-refractivity contribution in [1.29, 1.82) is 0 Å². The molecular formula is C8H14OPt. The summed E-state index contributed by atoms with van der Waals surface area (Å²) in [6, 6.07) is 0. The van der Waals surface area contributed by atoms with Crippen molar-refractivity contribution >= 4 is 0 Å². The van der Waals surface area contributed by atoms with Crippen LogP contribution in [0.3, 0.4) is 0 Å². The van der Waals surface area contributed by atoms with Crippen molar-refractivity contribution in [3.05, 3.63) is 0 Å². The van der Waals surface area contributed by atoms with Crippen LogP contribution in [0.4, 0.5) is 0 Å². The second-order valence-electron chi connectivity index (χ2n) is 2.18. The number of rotatable bonds is 4. The molecule has 2 heteroatoms. The first-order valence-corrected chi connectivity index (χ1v) is 3.45. The van der Waals surface area contributed by atoms with Gasteiger partial charge in [-0.3, -0.25) is 0 Å². The fourth-order valence-electron chi connectivity index (χ4n) is 0.671. The van der Waals surface area contributed by atoms with E-state index in [1.165, 1.54) is 12.8 Å². The molecule has 0 heterocycles. The SMILES string of the molecule is C#CC(O)CCCCC.[Pt]. The van der Waals surface area contributed by atoms with Gasteiger partial charge in [0.25, 0.3) is 0 Å². The topological polar surface area (TPSA) is 20.2 Å². The van der Waals surface area contributed by atoms with Crippen LogP contribution in [0.5, 0.6) is 0 Å². The van der Waals surface area contributed by atoms with Gasteiger partial charge in [0.2, 0.25) is 0 Å². The smallest absolute Gasteiger partial charge is 0.114 e. The molecule has 0 aromatic heterocycles. The molecular weight excluding hydrogens is 307 g/mol. The summed E-state index contributed by atoms with van der Waals surface area (Å²) >= 11 is 0. The van der Waals surface area contributed by atoms with E-state index in [1.807, 2.05) is 0 Å². The van der Waals surface area contributed by atoms with Gasteiger partial charge in [-0.05, 0) is 12.8 Å². The molecule has 1 unspecified atom stereocenters. The Kier molecular flexibility index (Phi) is 11.8. The average Bonchev–Trinajstić information content (AvgIpc) is 1.89. The largest absolute Gasteiger partial charge is 0.380 e. The Hall–Kier alpha value is 0.208. The monoisotopic (exact) mass is 321 g/mol. The minimum Gasteiger partial charge on any atom is -0.380 e. The maximum atomic E-state index is 8.85. The van der Waals surface area contributed by atoms with Gasteiger partial charge in [-0.25, -0.2) is 0 Å². The zero-order valence-electron chi connectivity index (χ0n) is 6.25. The van der Waals surface area contributed by atoms with Crippen LogP contribution in [0.15, 0.2) is 0 Å². The van der Waals surface area contributed by atoms with Crippen LogP contribution >= 0.6 is 0 Å². The summed E-state index contributed by atoms with van der Waals surface area (Å²) in [5.41, 5.74) is 0. The van der Waals surface area contributed by atoms with E-state index in [0.717, 1.165) is 12.8 Å². The van der Waals surface area contributed by atoms with Crippen molar-refractivity contribution < 1.29 is 26.2 Å². The summed E-state index contributed by atoms with van der Waals surface area (Å²) in [7, 11) is 0. The summed E-state index contributed by atoms with van der Waals surface area (Å²) in [6.45, 7) is 2.13. The maximum absolute atomic E-state index is 8.85. The minimum atomic E-state index is -0.517. The molecule has 1 atom stereocenters. The fraction of sp³-hybridized carbons (Fsp3) is 0.750. The number of unbranched alkanes of at least 4 members (excludes halogenated alkanes) is 2. The van der Waals surface area contributed by atoms with Crippen LogP contribution in [0, 0.1) is 12.3 Å². The van der Waals surface area contributed by atoms with Gasteiger partial charge >= 0.3 is 0 Å². The van der Waals surface area contributed by atoms with Crippen molar-refractivity contribution in [2.24, 2.45) is 0 Å². The van der Waals surface area contributed by atoms with Crippen LogP contribution in [-0.2, 0) is 21.1 Å². The van der Waals surface area contributed by atoms with Crippen LogP contribution in [0.25, 0.3) is 0 Å². The number of terminal acetylenes is 1. The van der Waals surface area contributed by atoms with Gasteiger partial charge in [-0.15, -0.1) is 6.42 Å². The number of aliphatic hydroxyl groups is 1. The predicted molar refractivity (Wildman–Crippen MR) is 39.0 cm³/mol. The van der Waals surface area contributed by atoms with Crippen molar-refractivity contribution in [2.75, 3.05) is 0 Å². The van der Waals surface area contributed by atoms with E-state index in [4.69, 9.17) is 11.5 Å². The molecule has 0 saturated carbocycles. The molecule has 0 bridgehead atoms. The van der Waals surface area contributed by atoms with Crippen molar-refractivity contribution in [3.63, 3.8) is 0 Å². The maximum Gasteiger partial charge on any atom is 0.114 e. The Morgan fingerprint density at radius 1 is 1.50 bits per heavy atom. The summed E-state index contributed by atoms with van der Waals surface area (Å²) < 4.78 is 0. The van der Waals surface area contributed by atoms with Gasteiger partial charge < -0.3 is 5.11 Å². The van der Waals surface area contributed by atoms with E-state index in [2.05, 4.69) is 12.8 Å². The van der Waals surface area contributed by atoms with Crippen molar-refractivity contribution in [2.45, 2.75) is 38.7 Å². The Morgan fingerprint density at radius 2 is 2.10 bits per heavy atom. The van der Waals surface area contributed by atoms with Crippen LogP contribution in [0.2, 0.25) is 0 Å².